The van der Waals surface area contributed by atoms with Gasteiger partial charge in [0.15, 0.2) is 5.82 Å². The maximum absolute atomic E-state index is 5.59. The van der Waals surface area contributed by atoms with Gasteiger partial charge in [0.1, 0.15) is 11.5 Å². The highest BCUT2D eigenvalue weighted by Gasteiger charge is 2.10. The third kappa shape index (κ3) is 3.01. The highest BCUT2D eigenvalue weighted by molar-refractivity contribution is 5.49. The van der Waals surface area contributed by atoms with Crippen molar-refractivity contribution in [1.29, 1.82) is 0 Å². The molecule has 2 N–H and O–H groups in total. The SMILES string of the molecule is CN(C)CCc1noc(-c2cccc(N)n2)n1. The van der Waals surface area contributed by atoms with Crippen molar-refractivity contribution in [3.05, 3.63) is 24.0 Å². The lowest BCUT2D eigenvalue weighted by molar-refractivity contribution is 0.392. The van der Waals surface area contributed by atoms with E-state index in [1.807, 2.05) is 14.1 Å². The average molecular weight is 233 g/mol. The standard InChI is InChI=1S/C11H15N5O/c1-16(2)7-6-10-14-11(17-15-10)8-4-3-5-9(12)13-8/h3-5H,6-7H2,1-2H3,(H2,12,13). The second-order valence-corrected chi connectivity index (χ2v) is 4.02. The molecule has 0 atom stereocenters. The van der Waals surface area contributed by atoms with Gasteiger partial charge < -0.3 is 15.2 Å². The number of pyridine rings is 1. The first-order valence-corrected chi connectivity index (χ1v) is 5.35. The van der Waals surface area contributed by atoms with Crippen molar-refractivity contribution in [2.45, 2.75) is 6.42 Å². The van der Waals surface area contributed by atoms with E-state index in [1.54, 1.807) is 18.2 Å². The van der Waals surface area contributed by atoms with Crippen LogP contribution in [0.3, 0.4) is 0 Å². The van der Waals surface area contributed by atoms with Crippen LogP contribution in [0.5, 0.6) is 0 Å². The van der Waals surface area contributed by atoms with Crippen molar-refractivity contribution >= 4 is 5.82 Å². The quantitative estimate of drug-likeness (QED) is 0.842. The number of likely N-dealkylation sites (N-methyl/N-ethyl adjacent to an activating group) is 1. The van der Waals surface area contributed by atoms with Gasteiger partial charge in [0.05, 0.1) is 0 Å². The van der Waals surface area contributed by atoms with Gasteiger partial charge in [-0.1, -0.05) is 11.2 Å². The number of rotatable bonds is 4. The van der Waals surface area contributed by atoms with Gasteiger partial charge in [0.2, 0.25) is 0 Å². The molecule has 6 heteroatoms. The number of hydrogen-bond acceptors (Lipinski definition) is 6. The lowest BCUT2D eigenvalue weighted by Gasteiger charge is -2.05. The van der Waals surface area contributed by atoms with Crippen molar-refractivity contribution in [2.24, 2.45) is 0 Å². The van der Waals surface area contributed by atoms with Crippen LogP contribution < -0.4 is 5.73 Å². The van der Waals surface area contributed by atoms with Crippen LogP contribution in [0.1, 0.15) is 5.82 Å². The van der Waals surface area contributed by atoms with Gasteiger partial charge in [0, 0.05) is 13.0 Å². The molecule has 0 amide bonds. The van der Waals surface area contributed by atoms with E-state index < -0.39 is 0 Å². The van der Waals surface area contributed by atoms with E-state index in [9.17, 15) is 0 Å². The molecule has 0 radical (unpaired) electrons. The predicted molar refractivity (Wildman–Crippen MR) is 64.2 cm³/mol. The van der Waals surface area contributed by atoms with Gasteiger partial charge in [0.25, 0.3) is 5.89 Å². The summed E-state index contributed by atoms with van der Waals surface area (Å²) in [6.07, 6.45) is 0.749. The molecule has 0 aliphatic rings. The number of nitrogen functional groups attached to an aromatic ring is 1. The van der Waals surface area contributed by atoms with Gasteiger partial charge >= 0.3 is 0 Å². The largest absolute Gasteiger partial charge is 0.384 e. The first kappa shape index (κ1) is 11.5. The minimum atomic E-state index is 0.408. The van der Waals surface area contributed by atoms with E-state index in [0.717, 1.165) is 13.0 Å². The summed E-state index contributed by atoms with van der Waals surface area (Å²) in [5.41, 5.74) is 6.20. The summed E-state index contributed by atoms with van der Waals surface area (Å²) in [4.78, 5) is 10.5. The Morgan fingerprint density at radius 2 is 2.12 bits per heavy atom. The van der Waals surface area contributed by atoms with Crippen molar-refractivity contribution in [2.75, 3.05) is 26.4 Å². The molecule has 2 rings (SSSR count). The normalized spacial score (nSPS) is 11.0. The molecule has 2 aromatic heterocycles. The van der Waals surface area contributed by atoms with Crippen molar-refractivity contribution in [1.82, 2.24) is 20.0 Å². The third-order valence-corrected chi connectivity index (χ3v) is 2.24. The molecule has 0 aliphatic carbocycles. The highest BCUT2D eigenvalue weighted by Crippen LogP contribution is 2.15. The van der Waals surface area contributed by atoms with E-state index in [1.165, 1.54) is 0 Å². The second kappa shape index (κ2) is 4.92. The Kier molecular flexibility index (Phi) is 3.34. The highest BCUT2D eigenvalue weighted by atomic mass is 16.5. The van der Waals surface area contributed by atoms with Gasteiger partial charge in [-0.05, 0) is 26.2 Å². The Morgan fingerprint density at radius 1 is 1.29 bits per heavy atom. The van der Waals surface area contributed by atoms with Gasteiger partial charge in [-0.2, -0.15) is 4.98 Å². The zero-order valence-electron chi connectivity index (χ0n) is 9.92. The second-order valence-electron chi connectivity index (χ2n) is 4.02. The van der Waals surface area contributed by atoms with E-state index in [0.29, 0.717) is 23.2 Å². The Bertz CT molecular complexity index is 494. The van der Waals surface area contributed by atoms with Crippen LogP contribution in [0, 0.1) is 0 Å². The van der Waals surface area contributed by atoms with Crippen LogP contribution in [0.4, 0.5) is 5.82 Å². The molecule has 0 spiro atoms. The summed E-state index contributed by atoms with van der Waals surface area (Å²) in [6.45, 7) is 0.878. The zero-order chi connectivity index (χ0) is 12.3. The van der Waals surface area contributed by atoms with E-state index >= 15 is 0 Å². The van der Waals surface area contributed by atoms with Gasteiger partial charge in [-0.3, -0.25) is 0 Å². The number of nitrogens with zero attached hydrogens (tertiary/aromatic N) is 4. The van der Waals surface area contributed by atoms with Crippen LogP contribution in [0.2, 0.25) is 0 Å². The maximum atomic E-state index is 5.59. The Morgan fingerprint density at radius 3 is 2.82 bits per heavy atom. The van der Waals surface area contributed by atoms with Gasteiger partial charge in [-0.25, -0.2) is 4.98 Å². The monoisotopic (exact) mass is 233 g/mol. The van der Waals surface area contributed by atoms with E-state index in [2.05, 4.69) is 20.0 Å². The summed E-state index contributed by atoms with van der Waals surface area (Å²) in [6, 6.07) is 5.31. The Labute approximate surface area is 99.5 Å². The Balaban J connectivity index is 2.12. The summed E-state index contributed by atoms with van der Waals surface area (Å²) in [5.74, 6) is 1.53. The molecule has 17 heavy (non-hydrogen) atoms. The molecule has 2 heterocycles. The molecule has 0 saturated carbocycles. The van der Waals surface area contributed by atoms with Crippen LogP contribution in [-0.2, 0) is 6.42 Å². The number of nitrogens with two attached hydrogens (primary N) is 1. The van der Waals surface area contributed by atoms with Crippen molar-refractivity contribution in [3.8, 4) is 11.6 Å². The number of aromatic nitrogens is 3. The maximum Gasteiger partial charge on any atom is 0.276 e. The molecule has 0 fully saturated rings. The summed E-state index contributed by atoms with van der Waals surface area (Å²) < 4.78 is 5.14. The smallest absolute Gasteiger partial charge is 0.276 e. The zero-order valence-corrected chi connectivity index (χ0v) is 9.92. The molecule has 0 aromatic carbocycles. The van der Waals surface area contributed by atoms with E-state index in [-0.39, 0.29) is 0 Å². The molecular formula is C11H15N5O. The fourth-order valence-electron chi connectivity index (χ4n) is 1.35. The van der Waals surface area contributed by atoms with Crippen LogP contribution in [-0.4, -0.2) is 40.7 Å². The molecule has 6 nitrogen and oxygen atoms in total. The molecule has 0 saturated heterocycles. The summed E-state index contributed by atoms with van der Waals surface area (Å²) in [7, 11) is 4.00. The summed E-state index contributed by atoms with van der Waals surface area (Å²) in [5, 5.41) is 3.90. The molecule has 2 aromatic rings. The number of hydrogen-bond donors (Lipinski definition) is 1. The van der Waals surface area contributed by atoms with Crippen LogP contribution in [0.25, 0.3) is 11.6 Å². The molecular weight excluding hydrogens is 218 g/mol. The number of anilines is 1. The predicted octanol–water partition coefficient (Wildman–Crippen LogP) is 0.818. The third-order valence-electron chi connectivity index (χ3n) is 2.24. The first-order chi connectivity index (χ1) is 8.15. The first-order valence-electron chi connectivity index (χ1n) is 5.35. The topological polar surface area (TPSA) is 81.1 Å². The van der Waals surface area contributed by atoms with Crippen LogP contribution in [0.15, 0.2) is 22.7 Å². The minimum Gasteiger partial charge on any atom is -0.384 e. The minimum absolute atomic E-state index is 0.408. The van der Waals surface area contributed by atoms with Gasteiger partial charge in [-0.15, -0.1) is 0 Å². The van der Waals surface area contributed by atoms with Crippen molar-refractivity contribution in [3.63, 3.8) is 0 Å². The fraction of sp³-hybridized carbons (Fsp3) is 0.364. The van der Waals surface area contributed by atoms with Crippen molar-refractivity contribution < 1.29 is 4.52 Å². The molecule has 0 bridgehead atoms. The average Bonchev–Trinajstić information content (AvgIpc) is 2.75. The fourth-order valence-corrected chi connectivity index (χ4v) is 1.35. The van der Waals surface area contributed by atoms with E-state index in [4.69, 9.17) is 10.3 Å². The Hall–Kier alpha value is -1.95. The lowest BCUT2D eigenvalue weighted by Crippen LogP contribution is -2.15. The summed E-state index contributed by atoms with van der Waals surface area (Å²) >= 11 is 0. The molecule has 0 aliphatic heterocycles. The molecule has 90 valence electrons. The van der Waals surface area contributed by atoms with Crippen LogP contribution >= 0.6 is 0 Å². The lowest BCUT2D eigenvalue weighted by atomic mass is 10.3. The molecule has 0 unspecified atom stereocenters.